The number of hydrogen-bond donors (Lipinski definition) is 1. The van der Waals surface area contributed by atoms with Crippen molar-refractivity contribution in [3.63, 3.8) is 0 Å². The number of thiol groups is 1. The van der Waals surface area contributed by atoms with Crippen LogP contribution in [0, 0.1) is 11.8 Å². The highest BCUT2D eigenvalue weighted by Crippen LogP contribution is 2.36. The predicted molar refractivity (Wildman–Crippen MR) is 42.8 cm³/mol. The second kappa shape index (κ2) is 3.70. The van der Waals surface area contributed by atoms with E-state index in [0.29, 0.717) is 0 Å². The Labute approximate surface area is 70.6 Å². The molecule has 11 heavy (non-hydrogen) atoms. The molecule has 2 atom stereocenters. The van der Waals surface area contributed by atoms with E-state index in [9.17, 15) is 13.2 Å². The zero-order chi connectivity index (χ0) is 9.23. The van der Waals surface area contributed by atoms with E-state index in [2.05, 4.69) is 12.6 Å². The molecule has 0 saturated heterocycles. The van der Waals surface area contributed by atoms with Crippen molar-refractivity contribution in [2.75, 3.05) is 0 Å². The van der Waals surface area contributed by atoms with Gasteiger partial charge in [0, 0.05) is 5.25 Å². The van der Waals surface area contributed by atoms with Gasteiger partial charge in [0.05, 0.1) is 5.92 Å². The van der Waals surface area contributed by atoms with Crippen molar-refractivity contribution in [1.82, 2.24) is 0 Å². The van der Waals surface area contributed by atoms with Crippen molar-refractivity contribution in [2.45, 2.75) is 32.2 Å². The summed E-state index contributed by atoms with van der Waals surface area (Å²) in [6.07, 6.45) is -4.12. The maximum Gasteiger partial charge on any atom is 0.393 e. The normalized spacial score (nSPS) is 18.5. The van der Waals surface area contributed by atoms with E-state index < -0.39 is 23.3 Å². The average Bonchev–Trinajstić information content (AvgIpc) is 1.54. The van der Waals surface area contributed by atoms with Crippen LogP contribution in [0.2, 0.25) is 0 Å². The molecule has 0 fully saturated rings. The Bertz CT molecular complexity index is 109. The molecule has 0 nitrogen and oxygen atoms in total. The van der Waals surface area contributed by atoms with Crippen molar-refractivity contribution in [1.29, 1.82) is 0 Å². The predicted octanol–water partition coefficient (Wildman–Crippen LogP) is 3.14. The van der Waals surface area contributed by atoms with Gasteiger partial charge in [0.2, 0.25) is 0 Å². The molecule has 0 aliphatic heterocycles. The maximum absolute atomic E-state index is 12.2. The van der Waals surface area contributed by atoms with Gasteiger partial charge in [-0.2, -0.15) is 25.8 Å². The SMILES string of the molecule is CC(C)[C@H](C(C)S)C(F)(F)F. The molecule has 0 N–H and O–H groups in total. The van der Waals surface area contributed by atoms with Crippen LogP contribution in [0.1, 0.15) is 20.8 Å². The van der Waals surface area contributed by atoms with Crippen LogP contribution in [0.3, 0.4) is 0 Å². The second-order valence-electron chi connectivity index (χ2n) is 3.05. The number of alkyl halides is 3. The summed E-state index contributed by atoms with van der Waals surface area (Å²) in [5.41, 5.74) is 0. The standard InChI is InChI=1S/C7H13F3S/c1-4(2)6(5(3)11)7(8,9)10/h4-6,11H,1-3H3/t5?,6-/m1/s1. The number of hydrogen-bond acceptors (Lipinski definition) is 1. The van der Waals surface area contributed by atoms with E-state index in [0.717, 1.165) is 0 Å². The monoisotopic (exact) mass is 186 g/mol. The van der Waals surface area contributed by atoms with Crippen molar-refractivity contribution in [3.05, 3.63) is 0 Å². The summed E-state index contributed by atoms with van der Waals surface area (Å²) >= 11 is 3.81. The zero-order valence-electron chi connectivity index (χ0n) is 6.81. The number of halogens is 3. The van der Waals surface area contributed by atoms with Gasteiger partial charge in [-0.1, -0.05) is 20.8 Å². The van der Waals surface area contributed by atoms with Gasteiger partial charge in [0.25, 0.3) is 0 Å². The molecule has 0 aliphatic carbocycles. The lowest BCUT2D eigenvalue weighted by Gasteiger charge is -2.26. The molecule has 0 spiro atoms. The molecule has 0 rings (SSSR count). The van der Waals surface area contributed by atoms with E-state index in [1.165, 1.54) is 6.92 Å². The smallest absolute Gasteiger partial charge is 0.176 e. The van der Waals surface area contributed by atoms with Crippen LogP contribution in [0.4, 0.5) is 13.2 Å². The molecular weight excluding hydrogens is 173 g/mol. The minimum absolute atomic E-state index is 0.400. The molecule has 0 aliphatic rings. The quantitative estimate of drug-likeness (QED) is 0.629. The Morgan fingerprint density at radius 3 is 1.45 bits per heavy atom. The van der Waals surface area contributed by atoms with Crippen LogP contribution in [0.25, 0.3) is 0 Å². The van der Waals surface area contributed by atoms with Crippen molar-refractivity contribution in [3.8, 4) is 0 Å². The molecule has 0 aromatic heterocycles. The summed E-state index contributed by atoms with van der Waals surface area (Å²) in [6, 6.07) is 0. The fourth-order valence-electron chi connectivity index (χ4n) is 1.21. The first-order chi connectivity index (χ1) is 4.76. The Morgan fingerprint density at radius 2 is 1.45 bits per heavy atom. The van der Waals surface area contributed by atoms with Crippen LogP contribution in [0.5, 0.6) is 0 Å². The minimum Gasteiger partial charge on any atom is -0.176 e. The first-order valence-corrected chi connectivity index (χ1v) is 4.03. The lowest BCUT2D eigenvalue weighted by Crippen LogP contribution is -2.33. The molecule has 68 valence electrons. The summed E-state index contributed by atoms with van der Waals surface area (Å²) in [5.74, 6) is -1.70. The van der Waals surface area contributed by atoms with Crippen LogP contribution in [-0.4, -0.2) is 11.4 Å². The zero-order valence-corrected chi connectivity index (χ0v) is 7.71. The van der Waals surface area contributed by atoms with E-state index in [1.807, 2.05) is 0 Å². The second-order valence-corrected chi connectivity index (χ2v) is 3.87. The Kier molecular flexibility index (Phi) is 3.74. The molecule has 0 saturated carbocycles. The van der Waals surface area contributed by atoms with Crippen molar-refractivity contribution >= 4 is 12.6 Å². The van der Waals surface area contributed by atoms with Gasteiger partial charge < -0.3 is 0 Å². The van der Waals surface area contributed by atoms with Crippen LogP contribution in [-0.2, 0) is 0 Å². The lowest BCUT2D eigenvalue weighted by molar-refractivity contribution is -0.184. The van der Waals surface area contributed by atoms with Crippen LogP contribution < -0.4 is 0 Å². The van der Waals surface area contributed by atoms with Crippen molar-refractivity contribution in [2.24, 2.45) is 11.8 Å². The third-order valence-corrected chi connectivity index (χ3v) is 1.94. The highest BCUT2D eigenvalue weighted by molar-refractivity contribution is 7.80. The number of rotatable bonds is 2. The summed E-state index contributed by atoms with van der Waals surface area (Å²) in [5, 5.41) is -0.630. The third-order valence-electron chi connectivity index (χ3n) is 1.62. The topological polar surface area (TPSA) is 0 Å². The first-order valence-electron chi connectivity index (χ1n) is 3.51. The van der Waals surface area contributed by atoms with Gasteiger partial charge in [0.15, 0.2) is 0 Å². The van der Waals surface area contributed by atoms with Gasteiger partial charge in [0.1, 0.15) is 0 Å². The Hall–Kier alpha value is 0.140. The fraction of sp³-hybridized carbons (Fsp3) is 1.00. The van der Waals surface area contributed by atoms with Gasteiger partial charge in [-0.15, -0.1) is 0 Å². The molecular formula is C7H13F3S. The molecule has 0 heterocycles. The summed E-state index contributed by atoms with van der Waals surface area (Å²) in [7, 11) is 0. The van der Waals surface area contributed by atoms with Crippen LogP contribution in [0.15, 0.2) is 0 Å². The molecule has 4 heteroatoms. The highest BCUT2D eigenvalue weighted by Gasteiger charge is 2.43. The van der Waals surface area contributed by atoms with Gasteiger partial charge in [-0.05, 0) is 5.92 Å². The largest absolute Gasteiger partial charge is 0.393 e. The Balaban J connectivity index is 4.35. The van der Waals surface area contributed by atoms with Gasteiger partial charge in [-0.25, -0.2) is 0 Å². The molecule has 1 unspecified atom stereocenters. The first kappa shape index (κ1) is 11.1. The molecule has 0 bridgehead atoms. The molecule has 0 amide bonds. The lowest BCUT2D eigenvalue weighted by atomic mass is 9.92. The van der Waals surface area contributed by atoms with E-state index in [1.54, 1.807) is 13.8 Å². The van der Waals surface area contributed by atoms with Gasteiger partial charge >= 0.3 is 6.18 Å². The maximum atomic E-state index is 12.2. The van der Waals surface area contributed by atoms with E-state index in [-0.39, 0.29) is 0 Å². The summed E-state index contributed by atoms with van der Waals surface area (Å²) in [6.45, 7) is 4.59. The van der Waals surface area contributed by atoms with E-state index >= 15 is 0 Å². The van der Waals surface area contributed by atoms with Crippen LogP contribution >= 0.6 is 12.6 Å². The third kappa shape index (κ3) is 3.36. The van der Waals surface area contributed by atoms with Crippen molar-refractivity contribution < 1.29 is 13.2 Å². The average molecular weight is 186 g/mol. The molecule has 0 radical (unpaired) electrons. The Morgan fingerprint density at radius 1 is 1.09 bits per heavy atom. The molecule has 0 aromatic rings. The van der Waals surface area contributed by atoms with Gasteiger partial charge in [-0.3, -0.25) is 0 Å². The molecule has 0 aromatic carbocycles. The summed E-state index contributed by atoms with van der Waals surface area (Å²) < 4.78 is 36.5. The fourth-order valence-corrected chi connectivity index (χ4v) is 1.72. The van der Waals surface area contributed by atoms with E-state index in [4.69, 9.17) is 0 Å². The summed E-state index contributed by atoms with van der Waals surface area (Å²) in [4.78, 5) is 0. The minimum atomic E-state index is -4.12. The highest BCUT2D eigenvalue weighted by atomic mass is 32.1.